The third kappa shape index (κ3) is 2.80. The normalized spacial score (nSPS) is 16.2. The van der Waals surface area contributed by atoms with E-state index in [1.54, 1.807) is 29.4 Å². The van der Waals surface area contributed by atoms with Crippen molar-refractivity contribution in [2.24, 2.45) is 0 Å². The van der Waals surface area contributed by atoms with E-state index in [0.717, 1.165) is 11.3 Å². The van der Waals surface area contributed by atoms with Crippen LogP contribution in [0.25, 0.3) is 0 Å². The van der Waals surface area contributed by atoms with Gasteiger partial charge in [0.25, 0.3) is 5.91 Å². The Bertz CT molecular complexity index is 912. The predicted molar refractivity (Wildman–Crippen MR) is 95.0 cm³/mol. The van der Waals surface area contributed by atoms with Crippen molar-refractivity contribution in [3.8, 4) is 5.75 Å². The van der Waals surface area contributed by atoms with Crippen LogP contribution < -0.4 is 5.32 Å². The van der Waals surface area contributed by atoms with E-state index in [1.807, 2.05) is 48.5 Å². The van der Waals surface area contributed by atoms with E-state index in [0.29, 0.717) is 17.7 Å². The standard InChI is InChI=1S/C20H17N3O2/c24-18-10-4-2-8-16(18)19-22-17-9-3-1-7-15(17)20(25)23(19)13-14-6-5-11-21-12-14/h1-12,19,22,24H,13H2. The highest BCUT2D eigenvalue weighted by Gasteiger charge is 2.33. The number of aromatic nitrogens is 1. The van der Waals surface area contributed by atoms with Crippen LogP contribution in [0, 0.1) is 0 Å². The van der Waals surface area contributed by atoms with Crippen LogP contribution in [-0.4, -0.2) is 20.9 Å². The van der Waals surface area contributed by atoms with Gasteiger partial charge < -0.3 is 15.3 Å². The van der Waals surface area contributed by atoms with Gasteiger partial charge in [0, 0.05) is 30.2 Å². The Morgan fingerprint density at radius 3 is 2.64 bits per heavy atom. The fourth-order valence-corrected chi connectivity index (χ4v) is 3.11. The molecule has 1 aliphatic heterocycles. The van der Waals surface area contributed by atoms with Crippen molar-refractivity contribution in [3.63, 3.8) is 0 Å². The molecule has 1 aromatic heterocycles. The fraction of sp³-hybridized carbons (Fsp3) is 0.100. The maximum Gasteiger partial charge on any atom is 0.258 e. The van der Waals surface area contributed by atoms with Crippen molar-refractivity contribution >= 4 is 11.6 Å². The summed E-state index contributed by atoms with van der Waals surface area (Å²) in [4.78, 5) is 18.9. The quantitative estimate of drug-likeness (QED) is 0.770. The average molecular weight is 331 g/mol. The Balaban J connectivity index is 1.79. The van der Waals surface area contributed by atoms with Crippen LogP contribution in [0.15, 0.2) is 73.1 Å². The molecule has 5 nitrogen and oxygen atoms in total. The summed E-state index contributed by atoms with van der Waals surface area (Å²) in [5, 5.41) is 13.7. The Morgan fingerprint density at radius 1 is 1.04 bits per heavy atom. The third-order valence-corrected chi connectivity index (χ3v) is 4.33. The van der Waals surface area contributed by atoms with Crippen LogP contribution in [-0.2, 0) is 6.54 Å². The third-order valence-electron chi connectivity index (χ3n) is 4.33. The number of pyridine rings is 1. The van der Waals surface area contributed by atoms with E-state index in [-0.39, 0.29) is 11.7 Å². The first kappa shape index (κ1) is 15.2. The monoisotopic (exact) mass is 331 g/mol. The maximum absolute atomic E-state index is 13.1. The summed E-state index contributed by atoms with van der Waals surface area (Å²) in [6.07, 6.45) is 2.99. The number of hydrogen-bond donors (Lipinski definition) is 2. The summed E-state index contributed by atoms with van der Waals surface area (Å²) >= 11 is 0. The zero-order valence-electron chi connectivity index (χ0n) is 13.5. The first-order valence-electron chi connectivity index (χ1n) is 8.07. The van der Waals surface area contributed by atoms with Crippen molar-refractivity contribution in [1.29, 1.82) is 0 Å². The molecule has 0 bridgehead atoms. The number of nitrogens with zero attached hydrogens (tertiary/aromatic N) is 2. The van der Waals surface area contributed by atoms with E-state index in [9.17, 15) is 9.90 Å². The number of phenols is 1. The lowest BCUT2D eigenvalue weighted by atomic mass is 10.0. The minimum absolute atomic E-state index is 0.0774. The zero-order valence-corrected chi connectivity index (χ0v) is 13.5. The molecule has 1 amide bonds. The zero-order chi connectivity index (χ0) is 17.2. The molecule has 25 heavy (non-hydrogen) atoms. The molecule has 1 atom stereocenters. The number of hydrogen-bond acceptors (Lipinski definition) is 4. The largest absolute Gasteiger partial charge is 0.508 e. The maximum atomic E-state index is 13.1. The summed E-state index contributed by atoms with van der Waals surface area (Å²) in [5.74, 6) is 0.0785. The number of phenolic OH excluding ortho intramolecular Hbond substituents is 1. The Labute approximate surface area is 145 Å². The first-order valence-corrected chi connectivity index (χ1v) is 8.07. The second-order valence-corrected chi connectivity index (χ2v) is 5.95. The number of amides is 1. The highest BCUT2D eigenvalue weighted by atomic mass is 16.3. The molecule has 2 aromatic carbocycles. The number of fused-ring (bicyclic) bond motifs is 1. The van der Waals surface area contributed by atoms with Crippen LogP contribution in [0.5, 0.6) is 5.75 Å². The molecule has 5 heteroatoms. The number of benzene rings is 2. The lowest BCUT2D eigenvalue weighted by molar-refractivity contribution is 0.0664. The summed E-state index contributed by atoms with van der Waals surface area (Å²) < 4.78 is 0. The number of rotatable bonds is 3. The van der Waals surface area contributed by atoms with Gasteiger partial charge in [0.15, 0.2) is 0 Å². The van der Waals surface area contributed by atoms with Crippen molar-refractivity contribution in [2.45, 2.75) is 12.7 Å². The van der Waals surface area contributed by atoms with E-state index in [1.165, 1.54) is 0 Å². The van der Waals surface area contributed by atoms with Crippen molar-refractivity contribution in [3.05, 3.63) is 89.7 Å². The van der Waals surface area contributed by atoms with E-state index in [2.05, 4.69) is 10.3 Å². The second-order valence-electron chi connectivity index (χ2n) is 5.95. The van der Waals surface area contributed by atoms with Gasteiger partial charge in [-0.05, 0) is 29.8 Å². The lowest BCUT2D eigenvalue weighted by Gasteiger charge is -2.38. The molecule has 3 aromatic rings. The van der Waals surface area contributed by atoms with Gasteiger partial charge in [0.2, 0.25) is 0 Å². The van der Waals surface area contributed by atoms with Crippen LogP contribution in [0.3, 0.4) is 0 Å². The van der Waals surface area contributed by atoms with Gasteiger partial charge in [0.05, 0.1) is 5.56 Å². The number of para-hydroxylation sites is 2. The highest BCUT2D eigenvalue weighted by molar-refractivity contribution is 6.01. The van der Waals surface area contributed by atoms with Gasteiger partial charge in [-0.15, -0.1) is 0 Å². The second kappa shape index (κ2) is 6.28. The molecule has 0 spiro atoms. The number of nitrogens with one attached hydrogen (secondary N) is 1. The average Bonchev–Trinajstić information content (AvgIpc) is 2.65. The van der Waals surface area contributed by atoms with Crippen LogP contribution in [0.2, 0.25) is 0 Å². The number of anilines is 1. The van der Waals surface area contributed by atoms with Crippen molar-refractivity contribution < 1.29 is 9.90 Å². The Hall–Kier alpha value is -3.34. The van der Waals surface area contributed by atoms with Gasteiger partial charge in [-0.2, -0.15) is 0 Å². The Kier molecular flexibility index (Phi) is 3.82. The van der Waals surface area contributed by atoms with Crippen LogP contribution >= 0.6 is 0 Å². The van der Waals surface area contributed by atoms with Crippen LogP contribution in [0.1, 0.15) is 27.7 Å². The minimum atomic E-state index is -0.455. The molecule has 0 fully saturated rings. The summed E-state index contributed by atoms with van der Waals surface area (Å²) in [7, 11) is 0. The summed E-state index contributed by atoms with van der Waals surface area (Å²) in [6, 6.07) is 18.3. The molecule has 4 rings (SSSR count). The molecule has 2 heterocycles. The smallest absolute Gasteiger partial charge is 0.258 e. The topological polar surface area (TPSA) is 65.5 Å². The van der Waals surface area contributed by atoms with Gasteiger partial charge in [-0.1, -0.05) is 36.4 Å². The summed E-state index contributed by atoms with van der Waals surface area (Å²) in [5.41, 5.74) is 2.98. The van der Waals surface area contributed by atoms with Gasteiger partial charge in [0.1, 0.15) is 11.9 Å². The molecular formula is C20H17N3O2. The van der Waals surface area contributed by atoms with Crippen molar-refractivity contribution in [1.82, 2.24) is 9.88 Å². The molecule has 0 saturated heterocycles. The predicted octanol–water partition coefficient (Wildman–Crippen LogP) is 3.55. The summed E-state index contributed by atoms with van der Waals surface area (Å²) in [6.45, 7) is 0.396. The molecule has 1 unspecified atom stereocenters. The Morgan fingerprint density at radius 2 is 1.84 bits per heavy atom. The van der Waals surface area contributed by atoms with Crippen molar-refractivity contribution in [2.75, 3.05) is 5.32 Å². The first-order chi connectivity index (χ1) is 12.2. The van der Waals surface area contributed by atoms with Gasteiger partial charge in [-0.3, -0.25) is 9.78 Å². The molecule has 124 valence electrons. The number of aromatic hydroxyl groups is 1. The SMILES string of the molecule is O=C1c2ccccc2NC(c2ccccc2O)N1Cc1cccnc1. The number of carbonyl (C=O) groups is 1. The minimum Gasteiger partial charge on any atom is -0.508 e. The van der Waals surface area contributed by atoms with Gasteiger partial charge >= 0.3 is 0 Å². The molecule has 1 aliphatic rings. The van der Waals surface area contributed by atoms with E-state index < -0.39 is 6.17 Å². The van der Waals surface area contributed by atoms with E-state index in [4.69, 9.17) is 0 Å². The number of carbonyl (C=O) groups excluding carboxylic acids is 1. The highest BCUT2D eigenvalue weighted by Crippen LogP contribution is 2.36. The molecular weight excluding hydrogens is 314 g/mol. The van der Waals surface area contributed by atoms with Gasteiger partial charge in [-0.25, -0.2) is 0 Å². The fourth-order valence-electron chi connectivity index (χ4n) is 3.11. The molecule has 0 aliphatic carbocycles. The van der Waals surface area contributed by atoms with E-state index >= 15 is 0 Å². The molecule has 2 N–H and O–H groups in total. The molecule has 0 radical (unpaired) electrons. The lowest BCUT2D eigenvalue weighted by Crippen LogP contribution is -2.42. The van der Waals surface area contributed by atoms with Crippen LogP contribution in [0.4, 0.5) is 5.69 Å². The molecule has 0 saturated carbocycles.